The van der Waals surface area contributed by atoms with Crippen LogP contribution in [0.2, 0.25) is 0 Å². The third-order valence-corrected chi connectivity index (χ3v) is 4.60. The van der Waals surface area contributed by atoms with E-state index in [0.29, 0.717) is 18.8 Å². The van der Waals surface area contributed by atoms with Crippen LogP contribution in [0.5, 0.6) is 0 Å². The van der Waals surface area contributed by atoms with E-state index in [1.807, 2.05) is 39.9 Å². The third-order valence-electron chi connectivity index (χ3n) is 2.87. The summed E-state index contributed by atoms with van der Waals surface area (Å²) >= 11 is 3.31. The van der Waals surface area contributed by atoms with Gasteiger partial charge in [-0.25, -0.2) is 0 Å². The maximum Gasteiger partial charge on any atom is 0.290 e. The first-order valence-corrected chi connectivity index (χ1v) is 7.96. The highest BCUT2D eigenvalue weighted by Crippen LogP contribution is 2.19. The Morgan fingerprint density at radius 1 is 1.00 bits per heavy atom. The Bertz CT molecular complexity index is 606. The second kappa shape index (κ2) is 6.07. The molecule has 0 spiro atoms. The molecule has 3 rings (SSSR count). The van der Waals surface area contributed by atoms with E-state index in [4.69, 9.17) is 4.42 Å². The number of carbonyl (C=O) groups excluding carboxylic acids is 1. The Hall–Kier alpha value is -1.85. The van der Waals surface area contributed by atoms with Crippen LogP contribution in [-0.2, 0) is 13.1 Å². The van der Waals surface area contributed by atoms with E-state index >= 15 is 0 Å². The average Bonchev–Trinajstić information content (AvgIpc) is 3.20. The van der Waals surface area contributed by atoms with E-state index in [1.54, 1.807) is 34.8 Å². The summed E-state index contributed by atoms with van der Waals surface area (Å²) in [6.45, 7) is 1.21. The topological polar surface area (TPSA) is 33.5 Å². The van der Waals surface area contributed by atoms with Crippen molar-refractivity contribution >= 4 is 28.6 Å². The van der Waals surface area contributed by atoms with Crippen LogP contribution in [-0.4, -0.2) is 10.8 Å². The van der Waals surface area contributed by atoms with E-state index < -0.39 is 0 Å². The summed E-state index contributed by atoms with van der Waals surface area (Å²) in [5.41, 5.74) is 0. The number of thiophene rings is 2. The molecule has 3 aromatic rings. The highest BCUT2D eigenvalue weighted by molar-refractivity contribution is 7.10. The van der Waals surface area contributed by atoms with Gasteiger partial charge in [-0.2, -0.15) is 0 Å². The summed E-state index contributed by atoms with van der Waals surface area (Å²) in [6, 6.07) is 11.5. The summed E-state index contributed by atoms with van der Waals surface area (Å²) in [5.74, 6) is 0.315. The molecule has 5 heteroatoms. The number of rotatable bonds is 5. The normalized spacial score (nSPS) is 10.6. The largest absolute Gasteiger partial charge is 0.459 e. The van der Waals surface area contributed by atoms with E-state index in [1.165, 1.54) is 16.0 Å². The molecule has 3 nitrogen and oxygen atoms in total. The highest BCUT2D eigenvalue weighted by Gasteiger charge is 2.19. The van der Waals surface area contributed by atoms with Crippen LogP contribution in [0.1, 0.15) is 20.3 Å². The minimum atomic E-state index is -0.0724. The molecule has 0 aromatic carbocycles. The second-order valence-electron chi connectivity index (χ2n) is 4.30. The zero-order valence-corrected chi connectivity index (χ0v) is 12.3. The smallest absolute Gasteiger partial charge is 0.290 e. The van der Waals surface area contributed by atoms with Crippen LogP contribution >= 0.6 is 22.7 Å². The zero-order valence-electron chi connectivity index (χ0n) is 10.7. The van der Waals surface area contributed by atoms with E-state index in [-0.39, 0.29) is 5.91 Å². The predicted molar refractivity (Wildman–Crippen MR) is 80.9 cm³/mol. The molecule has 0 fully saturated rings. The van der Waals surface area contributed by atoms with Crippen molar-refractivity contribution in [2.75, 3.05) is 0 Å². The Morgan fingerprint density at radius 3 is 2.10 bits per heavy atom. The van der Waals surface area contributed by atoms with Gasteiger partial charge < -0.3 is 9.32 Å². The molecular weight excluding hydrogens is 290 g/mol. The van der Waals surface area contributed by atoms with Crippen LogP contribution in [0.3, 0.4) is 0 Å². The van der Waals surface area contributed by atoms with Gasteiger partial charge in [0, 0.05) is 9.75 Å². The van der Waals surface area contributed by atoms with Crippen molar-refractivity contribution in [1.82, 2.24) is 4.90 Å². The molecule has 102 valence electrons. The summed E-state index contributed by atoms with van der Waals surface area (Å²) in [7, 11) is 0. The molecule has 1 amide bonds. The van der Waals surface area contributed by atoms with Crippen molar-refractivity contribution in [1.29, 1.82) is 0 Å². The average molecular weight is 303 g/mol. The molecule has 0 aliphatic carbocycles. The quantitative estimate of drug-likeness (QED) is 0.706. The summed E-state index contributed by atoms with van der Waals surface area (Å²) in [6.07, 6.45) is 1.53. The van der Waals surface area contributed by atoms with Crippen LogP contribution < -0.4 is 0 Å². The lowest BCUT2D eigenvalue weighted by atomic mass is 10.3. The monoisotopic (exact) mass is 303 g/mol. The molecule has 0 N–H and O–H groups in total. The lowest BCUT2D eigenvalue weighted by molar-refractivity contribution is 0.0701. The molecule has 0 saturated heterocycles. The van der Waals surface area contributed by atoms with Crippen LogP contribution in [0.4, 0.5) is 0 Å². The molecule has 0 unspecified atom stereocenters. The van der Waals surface area contributed by atoms with Crippen molar-refractivity contribution < 1.29 is 9.21 Å². The maximum atomic E-state index is 12.5. The first-order valence-electron chi connectivity index (χ1n) is 6.20. The first-order chi connectivity index (χ1) is 9.83. The van der Waals surface area contributed by atoms with Crippen LogP contribution in [0.25, 0.3) is 0 Å². The van der Waals surface area contributed by atoms with Gasteiger partial charge in [0.25, 0.3) is 5.91 Å². The zero-order chi connectivity index (χ0) is 13.8. The fourth-order valence-corrected chi connectivity index (χ4v) is 3.38. The van der Waals surface area contributed by atoms with Crippen molar-refractivity contribution in [2.24, 2.45) is 0 Å². The van der Waals surface area contributed by atoms with E-state index in [9.17, 15) is 4.79 Å². The molecule has 20 heavy (non-hydrogen) atoms. The number of amides is 1. The Morgan fingerprint density at radius 2 is 1.65 bits per heavy atom. The summed E-state index contributed by atoms with van der Waals surface area (Å²) in [4.78, 5) is 16.7. The Kier molecular flexibility index (Phi) is 3.99. The number of nitrogens with zero attached hydrogens (tertiary/aromatic N) is 1. The van der Waals surface area contributed by atoms with Gasteiger partial charge in [0.15, 0.2) is 5.76 Å². The SMILES string of the molecule is O=C(c1ccco1)N(Cc1cccs1)Cc1cccs1. The number of hydrogen-bond acceptors (Lipinski definition) is 4. The summed E-state index contributed by atoms with van der Waals surface area (Å²) < 4.78 is 5.23. The van der Waals surface area contributed by atoms with Gasteiger partial charge >= 0.3 is 0 Å². The molecule has 0 radical (unpaired) electrons. The van der Waals surface area contributed by atoms with Crippen molar-refractivity contribution in [3.05, 3.63) is 68.9 Å². The molecule has 0 aliphatic heterocycles. The molecule has 3 heterocycles. The molecule has 0 bridgehead atoms. The van der Waals surface area contributed by atoms with Gasteiger partial charge in [0.2, 0.25) is 0 Å². The van der Waals surface area contributed by atoms with Crippen molar-refractivity contribution in [2.45, 2.75) is 13.1 Å². The predicted octanol–water partition coefficient (Wildman–Crippen LogP) is 4.25. The lowest BCUT2D eigenvalue weighted by Gasteiger charge is -2.20. The molecule has 3 aromatic heterocycles. The van der Waals surface area contributed by atoms with E-state index in [0.717, 1.165) is 0 Å². The second-order valence-corrected chi connectivity index (χ2v) is 6.36. The fraction of sp³-hybridized carbons (Fsp3) is 0.133. The standard InChI is InChI=1S/C15H13NO2S2/c17-15(14-6-1-7-18-14)16(10-12-4-2-8-19-12)11-13-5-3-9-20-13/h1-9H,10-11H2. The number of hydrogen-bond donors (Lipinski definition) is 0. The van der Waals surface area contributed by atoms with Gasteiger partial charge in [-0.1, -0.05) is 12.1 Å². The van der Waals surface area contributed by atoms with Crippen LogP contribution in [0.15, 0.2) is 57.8 Å². The fourth-order valence-electron chi connectivity index (χ4n) is 1.94. The first kappa shape index (κ1) is 13.1. The van der Waals surface area contributed by atoms with Gasteiger partial charge in [-0.15, -0.1) is 22.7 Å². The molecule has 0 aliphatic rings. The Labute approximate surface area is 125 Å². The molecule has 0 saturated carbocycles. The number of carbonyl (C=O) groups is 1. The third kappa shape index (κ3) is 3.00. The van der Waals surface area contributed by atoms with Crippen molar-refractivity contribution in [3.8, 4) is 0 Å². The Balaban J connectivity index is 1.81. The van der Waals surface area contributed by atoms with Gasteiger partial charge in [0.05, 0.1) is 19.4 Å². The minimum absolute atomic E-state index is 0.0724. The number of furan rings is 1. The maximum absolute atomic E-state index is 12.5. The van der Waals surface area contributed by atoms with Crippen LogP contribution in [0, 0.1) is 0 Å². The summed E-state index contributed by atoms with van der Waals surface area (Å²) in [5, 5.41) is 4.05. The lowest BCUT2D eigenvalue weighted by Crippen LogP contribution is -2.29. The van der Waals surface area contributed by atoms with Crippen molar-refractivity contribution in [3.63, 3.8) is 0 Å². The minimum Gasteiger partial charge on any atom is -0.459 e. The van der Waals surface area contributed by atoms with Gasteiger partial charge in [0.1, 0.15) is 0 Å². The highest BCUT2D eigenvalue weighted by atomic mass is 32.1. The molecule has 0 atom stereocenters. The van der Waals surface area contributed by atoms with Gasteiger partial charge in [-0.3, -0.25) is 4.79 Å². The van der Waals surface area contributed by atoms with Gasteiger partial charge in [-0.05, 0) is 35.0 Å². The molecular formula is C15H13NO2S2. The van der Waals surface area contributed by atoms with E-state index in [2.05, 4.69) is 0 Å².